The van der Waals surface area contributed by atoms with Gasteiger partial charge in [-0.15, -0.1) is 0 Å². The van der Waals surface area contributed by atoms with E-state index in [-0.39, 0.29) is 5.82 Å². The van der Waals surface area contributed by atoms with E-state index in [9.17, 15) is 4.39 Å². The van der Waals surface area contributed by atoms with Gasteiger partial charge in [-0.1, -0.05) is 0 Å². The predicted molar refractivity (Wildman–Crippen MR) is 101 cm³/mol. The first-order valence-corrected chi connectivity index (χ1v) is 8.74. The molecule has 0 N–H and O–H groups in total. The molecule has 2 heterocycles. The lowest BCUT2D eigenvalue weighted by atomic mass is 10.0. The first-order chi connectivity index (χ1) is 12.7. The Morgan fingerprint density at radius 2 is 1.88 bits per heavy atom. The van der Waals surface area contributed by atoms with Crippen molar-refractivity contribution in [1.29, 1.82) is 0 Å². The third kappa shape index (κ3) is 3.10. The highest BCUT2D eigenvalue weighted by molar-refractivity contribution is 5.88. The summed E-state index contributed by atoms with van der Waals surface area (Å²) >= 11 is 0. The topological polar surface area (TPSA) is 34.6 Å². The number of morpholine rings is 1. The van der Waals surface area contributed by atoms with Crippen LogP contribution in [-0.2, 0) is 4.74 Å². The molecular formula is C21H21FN2O2. The lowest BCUT2D eigenvalue weighted by molar-refractivity contribution is 0.122. The number of methoxy groups -OCH3 is 1. The maximum absolute atomic E-state index is 14.4. The van der Waals surface area contributed by atoms with Gasteiger partial charge < -0.3 is 14.4 Å². The number of hydrogen-bond donors (Lipinski definition) is 0. The SMILES string of the molecule is COc1ccc(-c2cc(C)c3cc(N4CCOCC4)ccc3n2)c(F)c1. The minimum absolute atomic E-state index is 0.333. The zero-order chi connectivity index (χ0) is 18.1. The lowest BCUT2D eigenvalue weighted by Crippen LogP contribution is -2.36. The molecule has 26 heavy (non-hydrogen) atoms. The number of ether oxygens (including phenoxy) is 2. The number of aryl methyl sites for hydroxylation is 1. The molecule has 1 aliphatic rings. The second-order valence-corrected chi connectivity index (χ2v) is 6.47. The molecule has 5 heteroatoms. The highest BCUT2D eigenvalue weighted by Crippen LogP contribution is 2.30. The van der Waals surface area contributed by atoms with Gasteiger partial charge in [-0.3, -0.25) is 0 Å². The average molecular weight is 352 g/mol. The summed E-state index contributed by atoms with van der Waals surface area (Å²) in [5.74, 6) is 0.166. The fourth-order valence-electron chi connectivity index (χ4n) is 3.37. The Balaban J connectivity index is 1.75. The van der Waals surface area contributed by atoms with Crippen LogP contribution in [0, 0.1) is 12.7 Å². The third-order valence-electron chi connectivity index (χ3n) is 4.83. The quantitative estimate of drug-likeness (QED) is 0.708. The summed E-state index contributed by atoms with van der Waals surface area (Å²) < 4.78 is 24.9. The third-order valence-corrected chi connectivity index (χ3v) is 4.83. The van der Waals surface area contributed by atoms with Crippen LogP contribution in [0.5, 0.6) is 5.75 Å². The molecule has 0 spiro atoms. The molecule has 3 aromatic rings. The monoisotopic (exact) mass is 352 g/mol. The Morgan fingerprint density at radius 1 is 1.08 bits per heavy atom. The molecule has 0 saturated carbocycles. The Hall–Kier alpha value is -2.66. The number of nitrogens with zero attached hydrogens (tertiary/aromatic N) is 2. The second kappa shape index (κ2) is 6.92. The van der Waals surface area contributed by atoms with Crippen molar-refractivity contribution in [3.05, 3.63) is 53.8 Å². The van der Waals surface area contributed by atoms with E-state index in [0.717, 1.165) is 42.8 Å². The first kappa shape index (κ1) is 16.8. The number of rotatable bonds is 3. The van der Waals surface area contributed by atoms with Crippen molar-refractivity contribution in [2.75, 3.05) is 38.3 Å². The van der Waals surface area contributed by atoms with Crippen LogP contribution in [0.3, 0.4) is 0 Å². The van der Waals surface area contributed by atoms with Crippen LogP contribution in [0.1, 0.15) is 5.56 Å². The minimum atomic E-state index is -0.333. The molecule has 1 aromatic heterocycles. The maximum atomic E-state index is 14.4. The zero-order valence-electron chi connectivity index (χ0n) is 15.0. The van der Waals surface area contributed by atoms with E-state index in [1.807, 2.05) is 19.1 Å². The highest BCUT2D eigenvalue weighted by atomic mass is 19.1. The van der Waals surface area contributed by atoms with Crippen LogP contribution in [0.2, 0.25) is 0 Å². The minimum Gasteiger partial charge on any atom is -0.497 e. The van der Waals surface area contributed by atoms with Crippen LogP contribution < -0.4 is 9.64 Å². The summed E-state index contributed by atoms with van der Waals surface area (Å²) in [6.07, 6.45) is 0. The Morgan fingerprint density at radius 3 is 2.62 bits per heavy atom. The summed E-state index contributed by atoms with van der Waals surface area (Å²) in [5.41, 5.74) is 4.24. The number of anilines is 1. The van der Waals surface area contributed by atoms with Crippen LogP contribution >= 0.6 is 0 Å². The second-order valence-electron chi connectivity index (χ2n) is 6.47. The van der Waals surface area contributed by atoms with E-state index < -0.39 is 0 Å². The standard InChI is InChI=1S/C21H21FN2O2/c1-14-11-21(17-5-4-16(25-2)13-19(17)22)23-20-6-3-15(12-18(14)20)24-7-9-26-10-8-24/h3-6,11-13H,7-10H2,1-2H3. The molecule has 0 atom stereocenters. The molecule has 1 aliphatic heterocycles. The average Bonchev–Trinajstić information content (AvgIpc) is 2.68. The fourth-order valence-corrected chi connectivity index (χ4v) is 3.37. The van der Waals surface area contributed by atoms with Gasteiger partial charge >= 0.3 is 0 Å². The molecule has 0 amide bonds. The van der Waals surface area contributed by atoms with Crippen molar-refractivity contribution < 1.29 is 13.9 Å². The van der Waals surface area contributed by atoms with Crippen LogP contribution in [0.15, 0.2) is 42.5 Å². The fraction of sp³-hybridized carbons (Fsp3) is 0.286. The Kier molecular flexibility index (Phi) is 4.47. The normalized spacial score (nSPS) is 14.7. The molecule has 1 fully saturated rings. The Bertz CT molecular complexity index is 952. The molecule has 0 aliphatic carbocycles. The number of halogens is 1. The molecule has 4 rings (SSSR count). The summed E-state index contributed by atoms with van der Waals surface area (Å²) in [6.45, 7) is 5.34. The number of hydrogen-bond acceptors (Lipinski definition) is 4. The molecule has 134 valence electrons. The molecule has 0 unspecified atom stereocenters. The van der Waals surface area contributed by atoms with E-state index >= 15 is 0 Å². The number of aromatic nitrogens is 1. The van der Waals surface area contributed by atoms with E-state index in [0.29, 0.717) is 17.0 Å². The molecular weight excluding hydrogens is 331 g/mol. The van der Waals surface area contributed by atoms with Gasteiger partial charge in [0.05, 0.1) is 31.5 Å². The van der Waals surface area contributed by atoms with Crippen molar-refractivity contribution in [3.63, 3.8) is 0 Å². The van der Waals surface area contributed by atoms with Crippen molar-refractivity contribution in [2.24, 2.45) is 0 Å². The number of benzene rings is 2. The summed E-state index contributed by atoms with van der Waals surface area (Å²) in [6, 6.07) is 13.0. The van der Waals surface area contributed by atoms with Crippen LogP contribution in [0.4, 0.5) is 10.1 Å². The van der Waals surface area contributed by atoms with E-state index in [4.69, 9.17) is 9.47 Å². The van der Waals surface area contributed by atoms with Gasteiger partial charge in [0.25, 0.3) is 0 Å². The van der Waals surface area contributed by atoms with Crippen molar-refractivity contribution in [1.82, 2.24) is 4.98 Å². The summed E-state index contributed by atoms with van der Waals surface area (Å²) in [5, 5.41) is 1.09. The van der Waals surface area contributed by atoms with E-state index in [1.165, 1.54) is 18.9 Å². The van der Waals surface area contributed by atoms with Crippen molar-refractivity contribution >= 4 is 16.6 Å². The van der Waals surface area contributed by atoms with Gasteiger partial charge in [0.1, 0.15) is 11.6 Å². The van der Waals surface area contributed by atoms with Gasteiger partial charge in [-0.25, -0.2) is 9.37 Å². The number of fused-ring (bicyclic) bond motifs is 1. The van der Waals surface area contributed by atoms with Gasteiger partial charge in [0.2, 0.25) is 0 Å². The predicted octanol–water partition coefficient (Wildman–Crippen LogP) is 4.19. The maximum Gasteiger partial charge on any atom is 0.136 e. The van der Waals surface area contributed by atoms with E-state index in [1.54, 1.807) is 12.1 Å². The van der Waals surface area contributed by atoms with Crippen LogP contribution in [-0.4, -0.2) is 38.4 Å². The number of pyridine rings is 1. The smallest absolute Gasteiger partial charge is 0.136 e. The van der Waals surface area contributed by atoms with Gasteiger partial charge in [0, 0.05) is 35.8 Å². The van der Waals surface area contributed by atoms with Crippen molar-refractivity contribution in [2.45, 2.75) is 6.92 Å². The van der Waals surface area contributed by atoms with Gasteiger partial charge in [-0.2, -0.15) is 0 Å². The summed E-state index contributed by atoms with van der Waals surface area (Å²) in [4.78, 5) is 7.00. The van der Waals surface area contributed by atoms with Crippen LogP contribution in [0.25, 0.3) is 22.2 Å². The van der Waals surface area contributed by atoms with E-state index in [2.05, 4.69) is 22.0 Å². The Labute approximate surface area is 152 Å². The van der Waals surface area contributed by atoms with Gasteiger partial charge in [0.15, 0.2) is 0 Å². The van der Waals surface area contributed by atoms with Gasteiger partial charge in [-0.05, 0) is 48.9 Å². The highest BCUT2D eigenvalue weighted by Gasteiger charge is 2.14. The van der Waals surface area contributed by atoms with Crippen molar-refractivity contribution in [3.8, 4) is 17.0 Å². The lowest BCUT2D eigenvalue weighted by Gasteiger charge is -2.29. The first-order valence-electron chi connectivity index (χ1n) is 8.74. The molecule has 2 aromatic carbocycles. The zero-order valence-corrected chi connectivity index (χ0v) is 15.0. The molecule has 0 radical (unpaired) electrons. The molecule has 1 saturated heterocycles. The largest absolute Gasteiger partial charge is 0.497 e. The molecule has 0 bridgehead atoms. The summed E-state index contributed by atoms with van der Waals surface area (Å²) in [7, 11) is 1.53. The molecule has 4 nitrogen and oxygen atoms in total.